The van der Waals surface area contributed by atoms with E-state index in [0.29, 0.717) is 23.6 Å². The molecule has 0 aromatic rings. The minimum atomic E-state index is -0.963. The van der Waals surface area contributed by atoms with Crippen molar-refractivity contribution in [3.8, 4) is 0 Å². The number of amides is 2. The molecular weight excluding hydrogens is 264 g/mol. The van der Waals surface area contributed by atoms with Crippen molar-refractivity contribution in [3.05, 3.63) is 0 Å². The van der Waals surface area contributed by atoms with Crippen LogP contribution in [-0.4, -0.2) is 51.6 Å². The van der Waals surface area contributed by atoms with E-state index in [4.69, 9.17) is 0 Å². The van der Waals surface area contributed by atoms with Crippen molar-refractivity contribution in [1.29, 1.82) is 0 Å². The maximum absolute atomic E-state index is 12.2. The molecule has 0 radical (unpaired) electrons. The van der Waals surface area contributed by atoms with E-state index in [0.717, 1.165) is 6.42 Å². The number of carboxylic acids is 1. The first-order valence-corrected chi connectivity index (χ1v) is 7.73. The minimum absolute atomic E-state index is 0.0736. The van der Waals surface area contributed by atoms with Crippen molar-refractivity contribution >= 4 is 23.8 Å². The molecule has 19 heavy (non-hydrogen) atoms. The Morgan fingerprint density at radius 3 is 2.32 bits per heavy atom. The summed E-state index contributed by atoms with van der Waals surface area (Å²) in [6.07, 6.45) is 0.722. The lowest BCUT2D eigenvalue weighted by molar-refractivity contribution is -0.140. The molecule has 2 unspecified atom stereocenters. The average Bonchev–Trinajstić information content (AvgIpc) is 2.33. The van der Waals surface area contributed by atoms with Crippen LogP contribution >= 0.6 is 11.8 Å². The zero-order chi connectivity index (χ0) is 14.6. The van der Waals surface area contributed by atoms with E-state index in [1.807, 2.05) is 25.6 Å². The Balaban J connectivity index is 2.63. The third kappa shape index (κ3) is 4.60. The van der Waals surface area contributed by atoms with Crippen LogP contribution in [0.1, 0.15) is 34.1 Å². The predicted octanol–water partition coefficient (Wildman–Crippen LogP) is 2.02. The Kier molecular flexibility index (Phi) is 5.97. The molecule has 4 atom stereocenters. The summed E-state index contributed by atoms with van der Waals surface area (Å²) in [6.45, 7) is 9.29. The molecule has 1 fully saturated rings. The van der Waals surface area contributed by atoms with Gasteiger partial charge in [0.25, 0.3) is 0 Å². The minimum Gasteiger partial charge on any atom is -0.480 e. The molecule has 1 heterocycles. The number of thioether (sulfide) groups is 1. The molecule has 0 saturated carbocycles. The Labute approximate surface area is 119 Å². The molecule has 1 saturated heterocycles. The fourth-order valence-electron chi connectivity index (χ4n) is 2.25. The summed E-state index contributed by atoms with van der Waals surface area (Å²) in [5.74, 6) is -1.04. The lowest BCUT2D eigenvalue weighted by Crippen LogP contribution is -2.54. The van der Waals surface area contributed by atoms with E-state index < -0.39 is 12.0 Å². The molecule has 0 aromatic carbocycles. The van der Waals surface area contributed by atoms with Gasteiger partial charge in [0.15, 0.2) is 0 Å². The number of carbonyl (C=O) groups excluding carboxylic acids is 1. The highest BCUT2D eigenvalue weighted by Crippen LogP contribution is 2.24. The van der Waals surface area contributed by atoms with Gasteiger partial charge in [0.1, 0.15) is 6.04 Å². The largest absolute Gasteiger partial charge is 0.480 e. The number of carboxylic acid groups (broad SMARTS) is 1. The highest BCUT2D eigenvalue weighted by atomic mass is 32.2. The molecule has 1 aliphatic heterocycles. The first-order valence-electron chi connectivity index (χ1n) is 6.78. The van der Waals surface area contributed by atoms with Crippen LogP contribution in [0.4, 0.5) is 4.79 Å². The van der Waals surface area contributed by atoms with Gasteiger partial charge in [0.2, 0.25) is 0 Å². The standard InChI is InChI=1S/C13H24N2O3S/c1-5-8(2)11(12(16)17)14-13(18)15-6-9(3)19-10(4)7-15/h8-11H,5-7H2,1-4H3,(H,14,18)(H,16,17)/t8-,9?,10?,11-/m0/s1. The third-order valence-electron chi connectivity index (χ3n) is 3.46. The quantitative estimate of drug-likeness (QED) is 0.830. The molecule has 1 aliphatic rings. The van der Waals surface area contributed by atoms with Gasteiger partial charge in [-0.25, -0.2) is 9.59 Å². The molecule has 0 bridgehead atoms. The van der Waals surface area contributed by atoms with E-state index in [9.17, 15) is 14.7 Å². The Bertz CT molecular complexity index is 328. The number of hydrogen-bond donors (Lipinski definition) is 2. The molecular formula is C13H24N2O3S. The number of aliphatic carboxylic acids is 1. The van der Waals surface area contributed by atoms with Crippen LogP contribution in [-0.2, 0) is 4.79 Å². The SMILES string of the molecule is CC[C@H](C)[C@H](NC(=O)N1CC(C)SC(C)C1)C(=O)O. The first-order chi connectivity index (χ1) is 8.85. The third-order valence-corrected chi connectivity index (χ3v) is 4.69. The van der Waals surface area contributed by atoms with Crippen LogP contribution < -0.4 is 5.32 Å². The topological polar surface area (TPSA) is 69.6 Å². The first kappa shape index (κ1) is 16.1. The number of carbonyl (C=O) groups is 2. The predicted molar refractivity (Wildman–Crippen MR) is 77.5 cm³/mol. The van der Waals surface area contributed by atoms with Gasteiger partial charge in [-0.05, 0) is 5.92 Å². The summed E-state index contributed by atoms with van der Waals surface area (Å²) >= 11 is 1.86. The zero-order valence-electron chi connectivity index (χ0n) is 12.0. The van der Waals surface area contributed by atoms with Gasteiger partial charge >= 0.3 is 12.0 Å². The second kappa shape index (κ2) is 7.03. The molecule has 1 rings (SSSR count). The summed E-state index contributed by atoms with van der Waals surface area (Å²) < 4.78 is 0. The van der Waals surface area contributed by atoms with Crippen LogP contribution in [0.25, 0.3) is 0 Å². The van der Waals surface area contributed by atoms with Gasteiger partial charge in [-0.3, -0.25) is 0 Å². The van der Waals surface area contributed by atoms with Crippen LogP contribution in [0.3, 0.4) is 0 Å². The number of urea groups is 1. The second-order valence-electron chi connectivity index (χ2n) is 5.31. The van der Waals surface area contributed by atoms with E-state index in [1.165, 1.54) is 0 Å². The lowest BCUT2D eigenvalue weighted by Gasteiger charge is -2.35. The lowest BCUT2D eigenvalue weighted by atomic mass is 9.99. The molecule has 0 aromatic heterocycles. The summed E-state index contributed by atoms with van der Waals surface area (Å²) in [4.78, 5) is 25.1. The number of hydrogen-bond acceptors (Lipinski definition) is 3. The highest BCUT2D eigenvalue weighted by Gasteiger charge is 2.30. The smallest absolute Gasteiger partial charge is 0.326 e. The zero-order valence-corrected chi connectivity index (χ0v) is 12.9. The van der Waals surface area contributed by atoms with Crippen molar-refractivity contribution in [3.63, 3.8) is 0 Å². The average molecular weight is 288 g/mol. The van der Waals surface area contributed by atoms with Crippen molar-refractivity contribution in [2.24, 2.45) is 5.92 Å². The molecule has 0 aliphatic carbocycles. The van der Waals surface area contributed by atoms with Crippen molar-refractivity contribution in [2.45, 2.75) is 50.7 Å². The molecule has 2 N–H and O–H groups in total. The maximum Gasteiger partial charge on any atom is 0.326 e. The summed E-state index contributed by atoms with van der Waals surface area (Å²) in [5, 5.41) is 12.6. The molecule has 6 heteroatoms. The molecule has 0 spiro atoms. The second-order valence-corrected chi connectivity index (χ2v) is 7.19. The van der Waals surface area contributed by atoms with Crippen LogP contribution in [0, 0.1) is 5.92 Å². The van der Waals surface area contributed by atoms with Gasteiger partial charge in [0.05, 0.1) is 0 Å². The summed E-state index contributed by atoms with van der Waals surface area (Å²) in [7, 11) is 0. The highest BCUT2D eigenvalue weighted by molar-refractivity contribution is 8.00. The van der Waals surface area contributed by atoms with Crippen molar-refractivity contribution in [1.82, 2.24) is 10.2 Å². The van der Waals surface area contributed by atoms with Gasteiger partial charge in [-0.1, -0.05) is 34.1 Å². The summed E-state index contributed by atoms with van der Waals surface area (Å²) in [6, 6.07) is -1.07. The maximum atomic E-state index is 12.2. The van der Waals surface area contributed by atoms with Crippen LogP contribution in [0.2, 0.25) is 0 Å². The van der Waals surface area contributed by atoms with E-state index in [-0.39, 0.29) is 11.9 Å². The molecule has 5 nitrogen and oxygen atoms in total. The van der Waals surface area contributed by atoms with E-state index in [2.05, 4.69) is 19.2 Å². The van der Waals surface area contributed by atoms with E-state index >= 15 is 0 Å². The summed E-state index contributed by atoms with van der Waals surface area (Å²) in [5.41, 5.74) is 0. The van der Waals surface area contributed by atoms with Crippen LogP contribution in [0.15, 0.2) is 0 Å². The Morgan fingerprint density at radius 2 is 1.89 bits per heavy atom. The van der Waals surface area contributed by atoms with Gasteiger partial charge in [-0.15, -0.1) is 0 Å². The van der Waals surface area contributed by atoms with Crippen molar-refractivity contribution in [2.75, 3.05) is 13.1 Å². The Hall–Kier alpha value is -0.910. The van der Waals surface area contributed by atoms with Crippen molar-refractivity contribution < 1.29 is 14.7 Å². The normalized spacial score (nSPS) is 26.6. The fraction of sp³-hybridized carbons (Fsp3) is 0.846. The Morgan fingerprint density at radius 1 is 1.37 bits per heavy atom. The van der Waals surface area contributed by atoms with Gasteiger partial charge in [-0.2, -0.15) is 11.8 Å². The fourth-order valence-corrected chi connectivity index (χ4v) is 3.58. The van der Waals surface area contributed by atoms with Crippen LogP contribution in [0.5, 0.6) is 0 Å². The monoisotopic (exact) mass is 288 g/mol. The number of rotatable bonds is 4. The molecule has 2 amide bonds. The van der Waals surface area contributed by atoms with Gasteiger partial charge in [0, 0.05) is 23.6 Å². The number of nitrogens with zero attached hydrogens (tertiary/aromatic N) is 1. The molecule has 110 valence electrons. The van der Waals surface area contributed by atoms with Gasteiger partial charge < -0.3 is 15.3 Å². The van der Waals surface area contributed by atoms with E-state index in [1.54, 1.807) is 4.90 Å². The number of nitrogens with one attached hydrogen (secondary N) is 1.